The Kier molecular flexibility index (Phi) is 5.49. The predicted octanol–water partition coefficient (Wildman–Crippen LogP) is 2.78. The summed E-state index contributed by atoms with van der Waals surface area (Å²) in [6, 6.07) is 0.270. The zero-order chi connectivity index (χ0) is 14.4. The third-order valence-electron chi connectivity index (χ3n) is 4.45. The van der Waals surface area contributed by atoms with E-state index < -0.39 is 0 Å². The van der Waals surface area contributed by atoms with Gasteiger partial charge in [0, 0.05) is 23.5 Å². The molecule has 4 nitrogen and oxygen atoms in total. The number of aromatic nitrogens is 2. The van der Waals surface area contributed by atoms with Crippen LogP contribution in [0, 0.1) is 0 Å². The molecule has 2 rings (SSSR count). The molecule has 0 saturated carbocycles. The topological polar surface area (TPSA) is 41.1 Å². The van der Waals surface area contributed by atoms with Crippen molar-refractivity contribution in [1.29, 1.82) is 0 Å². The maximum Gasteiger partial charge on any atom is 0.115 e. The Morgan fingerprint density at radius 2 is 1.75 bits per heavy atom. The van der Waals surface area contributed by atoms with Gasteiger partial charge in [-0.3, -0.25) is 4.90 Å². The minimum absolute atomic E-state index is 0.0745. The van der Waals surface area contributed by atoms with E-state index in [1.165, 1.54) is 44.3 Å². The van der Waals surface area contributed by atoms with Gasteiger partial charge in [0.1, 0.15) is 6.33 Å². The van der Waals surface area contributed by atoms with Gasteiger partial charge in [0.05, 0.1) is 6.04 Å². The number of hydrogen-bond donors (Lipinski definition) is 1. The van der Waals surface area contributed by atoms with Gasteiger partial charge in [-0.2, -0.15) is 0 Å². The van der Waals surface area contributed by atoms with E-state index in [2.05, 4.69) is 41.0 Å². The molecule has 0 aliphatic carbocycles. The molecule has 1 aliphatic heterocycles. The number of nitrogens with zero attached hydrogens (tertiary/aromatic N) is 3. The summed E-state index contributed by atoms with van der Waals surface area (Å²) in [5.74, 6) is 0. The van der Waals surface area contributed by atoms with Crippen LogP contribution in [0.5, 0.6) is 0 Å². The molecule has 0 radical (unpaired) electrons. The lowest BCUT2D eigenvalue weighted by molar-refractivity contribution is 0.0837. The van der Waals surface area contributed by atoms with E-state index >= 15 is 0 Å². The van der Waals surface area contributed by atoms with Crippen molar-refractivity contribution in [3.63, 3.8) is 0 Å². The lowest BCUT2D eigenvalue weighted by Gasteiger charge is -2.44. The first-order chi connectivity index (χ1) is 9.66. The molecule has 1 unspecified atom stereocenters. The quantitative estimate of drug-likeness (QED) is 0.898. The predicted molar refractivity (Wildman–Crippen MR) is 82.6 cm³/mol. The van der Waals surface area contributed by atoms with Crippen LogP contribution in [0.15, 0.2) is 18.7 Å². The highest BCUT2D eigenvalue weighted by molar-refractivity contribution is 5.16. The Morgan fingerprint density at radius 3 is 2.30 bits per heavy atom. The van der Waals surface area contributed by atoms with Crippen molar-refractivity contribution in [1.82, 2.24) is 20.2 Å². The Morgan fingerprint density at radius 1 is 1.15 bits per heavy atom. The first-order valence-corrected chi connectivity index (χ1v) is 7.89. The molecule has 2 heterocycles. The van der Waals surface area contributed by atoms with Gasteiger partial charge in [0.25, 0.3) is 0 Å². The smallest absolute Gasteiger partial charge is 0.115 e. The molecule has 1 aliphatic rings. The standard InChI is InChI=1S/C16H28N4/c1-4-19-15(14-11-17-13-18-12-14)16(2,3)20-9-7-5-6-8-10-20/h11-13,15,19H,4-10H2,1-3H3. The van der Waals surface area contributed by atoms with Gasteiger partial charge in [-0.05, 0) is 46.3 Å². The number of hydrogen-bond acceptors (Lipinski definition) is 4. The molecule has 4 heteroatoms. The molecule has 1 aromatic heterocycles. The lowest BCUT2D eigenvalue weighted by atomic mass is 9.87. The minimum atomic E-state index is 0.0745. The van der Waals surface area contributed by atoms with Crippen molar-refractivity contribution in [2.75, 3.05) is 19.6 Å². The molecular weight excluding hydrogens is 248 g/mol. The largest absolute Gasteiger partial charge is 0.309 e. The molecule has 0 aromatic carbocycles. The van der Waals surface area contributed by atoms with Gasteiger partial charge in [-0.1, -0.05) is 19.8 Å². The van der Waals surface area contributed by atoms with Crippen molar-refractivity contribution in [2.45, 2.75) is 58.0 Å². The van der Waals surface area contributed by atoms with Crippen molar-refractivity contribution >= 4 is 0 Å². The van der Waals surface area contributed by atoms with Crippen LogP contribution in [-0.2, 0) is 0 Å². The summed E-state index contributed by atoms with van der Waals surface area (Å²) in [4.78, 5) is 11.0. The highest BCUT2D eigenvalue weighted by atomic mass is 15.2. The summed E-state index contributed by atoms with van der Waals surface area (Å²) >= 11 is 0. The number of likely N-dealkylation sites (N-methyl/N-ethyl adjacent to an activating group) is 1. The summed E-state index contributed by atoms with van der Waals surface area (Å²) in [7, 11) is 0. The molecule has 1 saturated heterocycles. The molecule has 112 valence electrons. The second kappa shape index (κ2) is 7.14. The van der Waals surface area contributed by atoms with E-state index in [0.29, 0.717) is 0 Å². The molecular formula is C16H28N4. The van der Waals surface area contributed by atoms with Gasteiger partial charge in [0.2, 0.25) is 0 Å². The van der Waals surface area contributed by atoms with Crippen LogP contribution in [0.1, 0.15) is 58.1 Å². The van der Waals surface area contributed by atoms with Crippen LogP contribution in [0.3, 0.4) is 0 Å². The second-order valence-corrected chi connectivity index (χ2v) is 6.22. The van der Waals surface area contributed by atoms with Crippen LogP contribution in [0.25, 0.3) is 0 Å². The van der Waals surface area contributed by atoms with Crippen LogP contribution >= 0.6 is 0 Å². The van der Waals surface area contributed by atoms with E-state index in [0.717, 1.165) is 6.54 Å². The zero-order valence-corrected chi connectivity index (χ0v) is 13.1. The lowest BCUT2D eigenvalue weighted by Crippen LogP contribution is -2.53. The summed E-state index contributed by atoms with van der Waals surface area (Å²) in [5, 5.41) is 3.64. The van der Waals surface area contributed by atoms with E-state index in [9.17, 15) is 0 Å². The Labute approximate surface area is 123 Å². The van der Waals surface area contributed by atoms with E-state index in [1.54, 1.807) is 6.33 Å². The van der Waals surface area contributed by atoms with Crippen LogP contribution in [-0.4, -0.2) is 40.0 Å². The fraction of sp³-hybridized carbons (Fsp3) is 0.750. The minimum Gasteiger partial charge on any atom is -0.309 e. The molecule has 1 aromatic rings. The third-order valence-corrected chi connectivity index (χ3v) is 4.45. The first kappa shape index (κ1) is 15.4. The molecule has 0 spiro atoms. The van der Waals surface area contributed by atoms with Gasteiger partial charge in [0.15, 0.2) is 0 Å². The number of likely N-dealkylation sites (tertiary alicyclic amines) is 1. The van der Waals surface area contributed by atoms with Crippen molar-refractivity contribution in [3.05, 3.63) is 24.3 Å². The summed E-state index contributed by atoms with van der Waals surface area (Å²) in [5.41, 5.74) is 1.26. The fourth-order valence-electron chi connectivity index (χ4n) is 3.27. The van der Waals surface area contributed by atoms with Gasteiger partial charge in [-0.15, -0.1) is 0 Å². The SMILES string of the molecule is CCNC(c1cncnc1)C(C)(C)N1CCCCCC1. The number of nitrogens with one attached hydrogen (secondary N) is 1. The maximum atomic E-state index is 4.20. The highest BCUT2D eigenvalue weighted by Crippen LogP contribution is 2.32. The highest BCUT2D eigenvalue weighted by Gasteiger charge is 2.36. The zero-order valence-electron chi connectivity index (χ0n) is 13.1. The van der Waals surface area contributed by atoms with Gasteiger partial charge >= 0.3 is 0 Å². The second-order valence-electron chi connectivity index (χ2n) is 6.22. The monoisotopic (exact) mass is 276 g/mol. The molecule has 0 bridgehead atoms. The average molecular weight is 276 g/mol. The van der Waals surface area contributed by atoms with Crippen LogP contribution < -0.4 is 5.32 Å². The summed E-state index contributed by atoms with van der Waals surface area (Å²) in [6.45, 7) is 10.2. The summed E-state index contributed by atoms with van der Waals surface area (Å²) < 4.78 is 0. The van der Waals surface area contributed by atoms with Gasteiger partial charge in [-0.25, -0.2) is 9.97 Å². The van der Waals surface area contributed by atoms with Crippen molar-refractivity contribution in [3.8, 4) is 0 Å². The van der Waals surface area contributed by atoms with E-state index in [1.807, 2.05) is 12.4 Å². The Balaban J connectivity index is 2.21. The normalized spacial score (nSPS) is 19.6. The molecule has 0 amide bonds. The van der Waals surface area contributed by atoms with Crippen molar-refractivity contribution in [2.24, 2.45) is 0 Å². The van der Waals surface area contributed by atoms with Crippen LogP contribution in [0.4, 0.5) is 0 Å². The third kappa shape index (κ3) is 3.55. The molecule has 1 atom stereocenters. The first-order valence-electron chi connectivity index (χ1n) is 7.89. The Bertz CT molecular complexity index is 383. The molecule has 20 heavy (non-hydrogen) atoms. The molecule has 1 N–H and O–H groups in total. The number of rotatable bonds is 5. The van der Waals surface area contributed by atoms with Gasteiger partial charge < -0.3 is 5.32 Å². The fourth-order valence-corrected chi connectivity index (χ4v) is 3.27. The molecule has 1 fully saturated rings. The van der Waals surface area contributed by atoms with E-state index in [-0.39, 0.29) is 11.6 Å². The summed E-state index contributed by atoms with van der Waals surface area (Å²) in [6.07, 6.45) is 10.9. The van der Waals surface area contributed by atoms with Crippen molar-refractivity contribution < 1.29 is 0 Å². The van der Waals surface area contributed by atoms with E-state index in [4.69, 9.17) is 0 Å². The maximum absolute atomic E-state index is 4.20. The van der Waals surface area contributed by atoms with Crippen LogP contribution in [0.2, 0.25) is 0 Å². The Hall–Kier alpha value is -1.00. The average Bonchev–Trinajstić information content (AvgIpc) is 2.75.